The molecule has 0 aliphatic carbocycles. The van der Waals surface area contributed by atoms with Crippen molar-refractivity contribution in [1.29, 1.82) is 0 Å². The van der Waals surface area contributed by atoms with E-state index in [2.05, 4.69) is 32.6 Å². The van der Waals surface area contributed by atoms with E-state index >= 15 is 0 Å². The predicted molar refractivity (Wildman–Crippen MR) is 59.9 cm³/mol. The molecule has 0 aliphatic rings. The first-order valence-corrected chi connectivity index (χ1v) is 5.45. The van der Waals surface area contributed by atoms with E-state index in [4.69, 9.17) is 13.0 Å². The van der Waals surface area contributed by atoms with Crippen LogP contribution in [0.15, 0.2) is 6.17 Å². The van der Waals surface area contributed by atoms with Crippen LogP contribution in [-0.4, -0.2) is 9.97 Å². The number of aromatic nitrogens is 2. The minimum absolute atomic E-state index is 0.146. The van der Waals surface area contributed by atoms with Crippen molar-refractivity contribution in [2.45, 2.75) is 6.92 Å². The number of fused-ring (bicyclic) bond motifs is 1. The maximum Gasteiger partial charge on any atom is 0.222 e. The van der Waals surface area contributed by atoms with Gasteiger partial charge in [-0.2, -0.15) is 0 Å². The minimum Gasteiger partial charge on any atom is -0.225 e. The maximum atomic E-state index is 7.59. The molecular formula is C7H4ClIN2S. The van der Waals surface area contributed by atoms with Gasteiger partial charge in [0.1, 0.15) is 0 Å². The number of aryl methyl sites for hydroxylation is 1. The molecule has 0 N–H and O–H groups in total. The molecule has 62 valence electrons. The highest BCUT2D eigenvalue weighted by Gasteiger charge is 2.07. The van der Waals surface area contributed by atoms with Crippen molar-refractivity contribution in [1.82, 2.24) is 9.97 Å². The molecule has 2 heterocycles. The van der Waals surface area contributed by atoms with Crippen molar-refractivity contribution in [3.05, 3.63) is 19.9 Å². The van der Waals surface area contributed by atoms with Gasteiger partial charge in [0, 0.05) is 11.1 Å². The van der Waals surface area contributed by atoms with Gasteiger partial charge in [0.25, 0.3) is 0 Å². The molecule has 2 aromatic heterocycles. The molecule has 0 atom stereocenters. The van der Waals surface area contributed by atoms with Crippen molar-refractivity contribution < 1.29 is 1.37 Å². The lowest BCUT2D eigenvalue weighted by molar-refractivity contribution is 1.23. The number of hydrogen-bond donors (Lipinski definition) is 0. The van der Waals surface area contributed by atoms with Gasteiger partial charge < -0.3 is 0 Å². The first kappa shape index (κ1) is 7.46. The van der Waals surface area contributed by atoms with Crippen molar-refractivity contribution in [2.24, 2.45) is 0 Å². The van der Waals surface area contributed by atoms with Crippen LogP contribution >= 0.6 is 45.5 Å². The van der Waals surface area contributed by atoms with Gasteiger partial charge in [-0.1, -0.05) is 0 Å². The van der Waals surface area contributed by atoms with Gasteiger partial charge in [0.15, 0.2) is 0 Å². The van der Waals surface area contributed by atoms with E-state index in [9.17, 15) is 0 Å². The zero-order chi connectivity index (χ0) is 9.59. The summed E-state index contributed by atoms with van der Waals surface area (Å²) in [7, 11) is 0. The van der Waals surface area contributed by atoms with Gasteiger partial charge in [-0.25, -0.2) is 9.97 Å². The van der Waals surface area contributed by atoms with Crippen LogP contribution in [0.25, 0.3) is 10.2 Å². The topological polar surface area (TPSA) is 25.8 Å². The van der Waals surface area contributed by atoms with Gasteiger partial charge in [0.05, 0.1) is 15.2 Å². The van der Waals surface area contributed by atoms with Crippen LogP contribution in [0.2, 0.25) is 5.28 Å². The van der Waals surface area contributed by atoms with Crippen LogP contribution in [0.4, 0.5) is 0 Å². The van der Waals surface area contributed by atoms with E-state index in [0.717, 1.165) is 18.7 Å². The van der Waals surface area contributed by atoms with E-state index < -0.39 is 0 Å². The molecule has 0 aromatic carbocycles. The molecule has 5 heteroatoms. The van der Waals surface area contributed by atoms with Crippen molar-refractivity contribution in [2.75, 3.05) is 0 Å². The summed E-state index contributed by atoms with van der Waals surface area (Å²) >= 11 is 9.41. The molecule has 0 amide bonds. The molecule has 12 heavy (non-hydrogen) atoms. The molecule has 0 fully saturated rings. The molecule has 0 saturated carbocycles. The summed E-state index contributed by atoms with van der Waals surface area (Å²) in [5.41, 5.74) is 0.799. The van der Waals surface area contributed by atoms with Crippen LogP contribution in [0.1, 0.15) is 6.25 Å². The Morgan fingerprint density at radius 1 is 1.75 bits per heavy atom. The fourth-order valence-electron chi connectivity index (χ4n) is 0.902. The van der Waals surface area contributed by atoms with Crippen molar-refractivity contribution >= 4 is 55.7 Å². The average molecular weight is 312 g/mol. The Kier molecular flexibility index (Phi) is 1.92. The molecule has 2 aromatic rings. The summed E-state index contributed by atoms with van der Waals surface area (Å²) in [5, 5.41) is 0.146. The lowest BCUT2D eigenvalue weighted by Gasteiger charge is -1.89. The third-order valence-corrected chi connectivity index (χ3v) is 4.30. The van der Waals surface area contributed by atoms with Gasteiger partial charge in [-0.05, 0) is 41.1 Å². The maximum absolute atomic E-state index is 7.59. The van der Waals surface area contributed by atoms with Crippen LogP contribution < -0.4 is 0 Å². The average Bonchev–Trinajstić information content (AvgIpc) is 2.32. The molecule has 0 spiro atoms. The monoisotopic (exact) mass is 311 g/mol. The van der Waals surface area contributed by atoms with Gasteiger partial charge in [-0.3, -0.25) is 0 Å². The highest BCUT2D eigenvalue weighted by molar-refractivity contribution is 14.1. The first-order chi connectivity index (χ1) is 6.09. The SMILES string of the molecule is [2H]c1nc(Cl)nc2c(I)c(C)sc12. The minimum atomic E-state index is 0.146. The standard InChI is InChI=1S/C7H4ClIN2S/c1-3-5(9)6-4(12-3)2-10-7(8)11-6/h2H,1H3/i2D. The zero-order valence-corrected chi connectivity index (χ0v) is 9.79. The highest BCUT2D eigenvalue weighted by atomic mass is 127. The summed E-state index contributed by atoms with van der Waals surface area (Å²) < 4.78 is 9.46. The smallest absolute Gasteiger partial charge is 0.222 e. The third-order valence-electron chi connectivity index (χ3n) is 1.44. The zero-order valence-electron chi connectivity index (χ0n) is 7.06. The Morgan fingerprint density at radius 3 is 3.25 bits per heavy atom. The summed E-state index contributed by atoms with van der Waals surface area (Å²) in [6.07, 6.45) is 0.214. The van der Waals surface area contributed by atoms with Crippen LogP contribution in [0, 0.1) is 10.5 Å². The molecule has 0 bridgehead atoms. The van der Waals surface area contributed by atoms with Gasteiger partial charge in [0.2, 0.25) is 5.28 Å². The molecule has 0 unspecified atom stereocenters. The third kappa shape index (κ3) is 1.31. The molecule has 0 saturated heterocycles. The number of rotatable bonds is 0. The second-order valence-electron chi connectivity index (χ2n) is 2.25. The quantitative estimate of drug-likeness (QED) is 0.551. The van der Waals surface area contributed by atoms with E-state index in [1.807, 2.05) is 6.92 Å². The Bertz CT molecular complexity index is 485. The number of nitrogens with zero attached hydrogens (tertiary/aromatic N) is 2. The fraction of sp³-hybridized carbons (Fsp3) is 0.143. The summed E-state index contributed by atoms with van der Waals surface area (Å²) in [4.78, 5) is 9.03. The number of hydrogen-bond acceptors (Lipinski definition) is 3. The van der Waals surface area contributed by atoms with Gasteiger partial charge in [-0.15, -0.1) is 11.3 Å². The van der Waals surface area contributed by atoms with Crippen LogP contribution in [0.5, 0.6) is 0 Å². The van der Waals surface area contributed by atoms with E-state index in [1.165, 1.54) is 11.3 Å². The first-order valence-electron chi connectivity index (χ1n) is 3.68. The Labute approximate surface area is 93.5 Å². The van der Waals surface area contributed by atoms with Crippen LogP contribution in [0.3, 0.4) is 0 Å². The summed E-state index contributed by atoms with van der Waals surface area (Å²) in [6.45, 7) is 2.00. The predicted octanol–water partition coefficient (Wildman–Crippen LogP) is 3.26. The fourth-order valence-corrected chi connectivity index (χ4v) is 2.76. The normalized spacial score (nSPS) is 12.1. The second-order valence-corrected chi connectivity index (χ2v) is 4.90. The lowest BCUT2D eigenvalue weighted by Crippen LogP contribution is -1.81. The molecule has 2 rings (SSSR count). The summed E-state index contributed by atoms with van der Waals surface area (Å²) in [6, 6.07) is 0. The van der Waals surface area contributed by atoms with Crippen molar-refractivity contribution in [3.63, 3.8) is 0 Å². The second kappa shape index (κ2) is 3.08. The number of halogens is 2. The molecule has 0 radical (unpaired) electrons. The lowest BCUT2D eigenvalue weighted by atomic mass is 10.4. The summed E-state index contributed by atoms with van der Waals surface area (Å²) in [5.74, 6) is 0. The molecule has 0 aliphatic heterocycles. The Morgan fingerprint density at radius 2 is 2.50 bits per heavy atom. The highest BCUT2D eigenvalue weighted by Crippen LogP contribution is 2.30. The molecule has 2 nitrogen and oxygen atoms in total. The van der Waals surface area contributed by atoms with Crippen molar-refractivity contribution in [3.8, 4) is 0 Å². The Balaban J connectivity index is 2.94. The van der Waals surface area contributed by atoms with E-state index in [1.54, 1.807) is 0 Å². The van der Waals surface area contributed by atoms with E-state index in [0.29, 0.717) is 0 Å². The molecular weight excluding hydrogens is 307 g/mol. The van der Waals surface area contributed by atoms with Gasteiger partial charge >= 0.3 is 0 Å². The number of thiophene rings is 1. The Hall–Kier alpha value is 0.0600. The van der Waals surface area contributed by atoms with Crippen LogP contribution in [-0.2, 0) is 0 Å². The van der Waals surface area contributed by atoms with E-state index in [-0.39, 0.29) is 11.5 Å². The largest absolute Gasteiger partial charge is 0.225 e.